The van der Waals surface area contributed by atoms with Crippen molar-refractivity contribution in [1.82, 2.24) is 0 Å². The first-order valence-corrected chi connectivity index (χ1v) is 16.0. The van der Waals surface area contributed by atoms with Gasteiger partial charge in [-0.1, -0.05) is 53.4 Å². The highest BCUT2D eigenvalue weighted by atomic mass is 32.2. The van der Waals surface area contributed by atoms with Gasteiger partial charge in [0, 0.05) is 54.3 Å². The van der Waals surface area contributed by atoms with Crippen molar-refractivity contribution >= 4 is 45.1 Å². The van der Waals surface area contributed by atoms with Crippen LogP contribution in [0.4, 0.5) is 5.69 Å². The van der Waals surface area contributed by atoms with Gasteiger partial charge >= 0.3 is 0 Å². The van der Waals surface area contributed by atoms with Gasteiger partial charge in [0.1, 0.15) is 11.2 Å². The monoisotopic (exact) mass is 577 g/mol. The number of aryl methyl sites for hydroxylation is 5. The highest BCUT2D eigenvalue weighted by Gasteiger charge is 2.24. The number of hydrogen-bond acceptors (Lipinski definition) is 3. The summed E-state index contributed by atoms with van der Waals surface area (Å²) in [6.07, 6.45) is 17.7. The van der Waals surface area contributed by atoms with Crippen LogP contribution < -0.4 is 18.6 Å². The Bertz CT molecular complexity index is 1680. The molecule has 206 valence electrons. The van der Waals surface area contributed by atoms with Crippen LogP contribution in [-0.4, -0.2) is 6.54 Å². The van der Waals surface area contributed by atoms with Crippen LogP contribution in [0.15, 0.2) is 120 Å². The Morgan fingerprint density at radius 2 is 1.39 bits per heavy atom. The molecule has 0 saturated heterocycles. The highest BCUT2D eigenvalue weighted by Crippen LogP contribution is 2.45. The molecule has 6 rings (SSSR count). The highest BCUT2D eigenvalue weighted by molar-refractivity contribution is 8.03. The smallest absolute Gasteiger partial charge is 0.262 e. The molecule has 3 aromatic heterocycles. The van der Waals surface area contributed by atoms with Crippen molar-refractivity contribution < 1.29 is 13.7 Å². The summed E-state index contributed by atoms with van der Waals surface area (Å²) in [6.45, 7) is 8.27. The van der Waals surface area contributed by atoms with Gasteiger partial charge in [0.2, 0.25) is 5.52 Å². The zero-order chi connectivity index (χ0) is 28.0. The Hall–Kier alpha value is -3.74. The maximum atomic E-state index is 2.48. The van der Waals surface area contributed by atoms with Gasteiger partial charge in [0.05, 0.1) is 17.1 Å². The summed E-state index contributed by atoms with van der Waals surface area (Å²) in [7, 11) is 0. The summed E-state index contributed by atoms with van der Waals surface area (Å²) < 4.78 is 8.38. The van der Waals surface area contributed by atoms with Crippen LogP contribution in [0.25, 0.3) is 16.3 Å². The fourth-order valence-electron chi connectivity index (χ4n) is 5.21. The SMILES string of the molecule is Cc1cc[n+](CCCN2/C(=C\C=C\c3sc4ccccc4[n+]3CCC[n+]3ccc(C)cc3)Sc3ccccc32)cc1. The van der Waals surface area contributed by atoms with E-state index >= 15 is 0 Å². The third kappa shape index (κ3) is 6.61. The van der Waals surface area contributed by atoms with Crippen LogP contribution >= 0.6 is 23.1 Å². The summed E-state index contributed by atoms with van der Waals surface area (Å²) in [6, 6.07) is 26.3. The fraction of sp³-hybridized carbons (Fsp3) is 0.229. The average molecular weight is 578 g/mol. The van der Waals surface area contributed by atoms with Crippen molar-refractivity contribution in [2.45, 2.75) is 51.2 Å². The molecule has 0 radical (unpaired) electrons. The molecule has 0 fully saturated rings. The van der Waals surface area contributed by atoms with Crippen molar-refractivity contribution in [3.63, 3.8) is 0 Å². The Morgan fingerprint density at radius 1 is 0.732 bits per heavy atom. The molecule has 1 aliphatic heterocycles. The molecule has 2 aromatic carbocycles. The van der Waals surface area contributed by atoms with Crippen molar-refractivity contribution in [1.29, 1.82) is 0 Å². The molecule has 6 heteroatoms. The minimum atomic E-state index is 0.990. The van der Waals surface area contributed by atoms with E-state index in [-0.39, 0.29) is 0 Å². The number of para-hydroxylation sites is 2. The first-order chi connectivity index (χ1) is 20.1. The number of hydrogen-bond donors (Lipinski definition) is 0. The van der Waals surface area contributed by atoms with E-state index in [0.717, 1.165) is 39.0 Å². The molecule has 5 aromatic rings. The van der Waals surface area contributed by atoms with Crippen LogP contribution in [0, 0.1) is 13.8 Å². The fourth-order valence-corrected chi connectivity index (χ4v) is 7.41. The standard InChI is InChI=1S/C35H37N4S2/c1-28-16-24-36(25-17-28)20-8-22-38-30-10-3-5-12-32(30)40-34(38)14-7-15-35-39(31-11-4-6-13-33(31)41-35)23-9-21-37-26-18-29(2)19-27-37/h3-7,10-19,24-27H,8-9,20-23H2,1-2H3/q+3. The number of aromatic nitrogens is 3. The summed E-state index contributed by atoms with van der Waals surface area (Å²) in [5.41, 5.74) is 5.23. The van der Waals surface area contributed by atoms with E-state index in [1.54, 1.807) is 0 Å². The molecule has 0 amide bonds. The molecule has 41 heavy (non-hydrogen) atoms. The van der Waals surface area contributed by atoms with Gasteiger partial charge in [0.15, 0.2) is 37.9 Å². The summed E-state index contributed by atoms with van der Waals surface area (Å²) >= 11 is 3.74. The molecule has 0 spiro atoms. The van der Waals surface area contributed by atoms with E-state index in [2.05, 4.69) is 148 Å². The van der Waals surface area contributed by atoms with E-state index < -0.39 is 0 Å². The molecule has 4 nitrogen and oxygen atoms in total. The van der Waals surface area contributed by atoms with Crippen LogP contribution in [0.3, 0.4) is 0 Å². The lowest BCUT2D eigenvalue weighted by molar-refractivity contribution is -0.716. The number of anilines is 1. The molecule has 0 unspecified atom stereocenters. The van der Waals surface area contributed by atoms with Gasteiger partial charge in [-0.2, -0.15) is 4.57 Å². The molecular formula is C35H37N4S2+3. The van der Waals surface area contributed by atoms with Gasteiger partial charge in [-0.05, 0) is 49.2 Å². The normalized spacial score (nSPS) is 14.0. The zero-order valence-corrected chi connectivity index (χ0v) is 25.5. The second kappa shape index (κ2) is 12.8. The number of thiazole rings is 1. The maximum Gasteiger partial charge on any atom is 0.262 e. The summed E-state index contributed by atoms with van der Waals surface area (Å²) in [4.78, 5) is 3.82. The molecule has 0 bridgehead atoms. The number of thioether (sulfide) groups is 1. The lowest BCUT2D eigenvalue weighted by Gasteiger charge is -2.19. The lowest BCUT2D eigenvalue weighted by atomic mass is 10.2. The van der Waals surface area contributed by atoms with Crippen molar-refractivity contribution in [3.8, 4) is 0 Å². The lowest BCUT2D eigenvalue weighted by Crippen LogP contribution is -2.39. The van der Waals surface area contributed by atoms with Crippen molar-refractivity contribution in [3.05, 3.63) is 131 Å². The number of rotatable bonds is 10. The van der Waals surface area contributed by atoms with Gasteiger partial charge in [-0.25, -0.2) is 9.13 Å². The predicted molar refractivity (Wildman–Crippen MR) is 171 cm³/mol. The van der Waals surface area contributed by atoms with Crippen LogP contribution in [0.2, 0.25) is 0 Å². The third-order valence-electron chi connectivity index (χ3n) is 7.46. The minimum Gasteiger partial charge on any atom is -0.335 e. The maximum absolute atomic E-state index is 2.48. The Balaban J connectivity index is 1.18. The topological polar surface area (TPSA) is 14.9 Å². The van der Waals surface area contributed by atoms with Gasteiger partial charge in [-0.3, -0.25) is 0 Å². The first-order valence-electron chi connectivity index (χ1n) is 14.4. The van der Waals surface area contributed by atoms with E-state index in [9.17, 15) is 0 Å². The molecule has 0 atom stereocenters. The molecule has 4 heterocycles. The third-order valence-corrected chi connectivity index (χ3v) is 9.72. The predicted octanol–water partition coefficient (Wildman–Crippen LogP) is 7.03. The number of fused-ring (bicyclic) bond motifs is 2. The Morgan fingerprint density at radius 3 is 2.15 bits per heavy atom. The van der Waals surface area contributed by atoms with Crippen molar-refractivity contribution in [2.75, 3.05) is 11.4 Å². The van der Waals surface area contributed by atoms with Crippen LogP contribution in [0.1, 0.15) is 29.0 Å². The second-order valence-corrected chi connectivity index (χ2v) is 12.7. The molecule has 1 aliphatic rings. The van der Waals surface area contributed by atoms with Crippen molar-refractivity contribution in [2.24, 2.45) is 0 Å². The van der Waals surface area contributed by atoms with E-state index in [0.29, 0.717) is 0 Å². The first kappa shape index (κ1) is 27.4. The summed E-state index contributed by atoms with van der Waals surface area (Å²) in [5.74, 6) is 0. The van der Waals surface area contributed by atoms with Gasteiger partial charge in [0.25, 0.3) is 5.01 Å². The molecular weight excluding hydrogens is 541 g/mol. The van der Waals surface area contributed by atoms with Crippen LogP contribution in [0.5, 0.6) is 0 Å². The minimum absolute atomic E-state index is 0.990. The Kier molecular flexibility index (Phi) is 8.59. The second-order valence-electron chi connectivity index (χ2n) is 10.6. The van der Waals surface area contributed by atoms with E-state index in [1.165, 1.54) is 42.0 Å². The van der Waals surface area contributed by atoms with Gasteiger partial charge in [-0.15, -0.1) is 0 Å². The number of pyridine rings is 2. The quantitative estimate of drug-likeness (QED) is 0.166. The molecule has 0 saturated carbocycles. The number of allylic oxidation sites excluding steroid dienone is 2. The van der Waals surface area contributed by atoms with Gasteiger partial charge < -0.3 is 4.90 Å². The van der Waals surface area contributed by atoms with Crippen LogP contribution in [-0.2, 0) is 19.6 Å². The zero-order valence-electron chi connectivity index (χ0n) is 23.8. The average Bonchev–Trinajstić information content (AvgIpc) is 3.53. The largest absolute Gasteiger partial charge is 0.335 e. The summed E-state index contributed by atoms with van der Waals surface area (Å²) in [5, 5.41) is 2.58. The Labute approximate surface area is 251 Å². The van der Waals surface area contributed by atoms with E-state index in [4.69, 9.17) is 0 Å². The molecule has 0 aliphatic carbocycles. The molecule has 0 N–H and O–H groups in total. The van der Waals surface area contributed by atoms with E-state index in [1.807, 2.05) is 23.1 Å². The number of benzene rings is 2. The number of nitrogens with zero attached hydrogens (tertiary/aromatic N) is 4.